The van der Waals surface area contributed by atoms with E-state index in [0.29, 0.717) is 0 Å². The van der Waals surface area contributed by atoms with Crippen molar-refractivity contribution in [3.63, 3.8) is 0 Å². The second kappa shape index (κ2) is 1.65. The molecule has 0 atom stereocenters. The predicted molar refractivity (Wildman–Crippen MR) is 28.1 cm³/mol. The van der Waals surface area contributed by atoms with Crippen LogP contribution in [0.3, 0.4) is 0 Å². The molecule has 1 rings (SSSR count). The van der Waals surface area contributed by atoms with Gasteiger partial charge in [0.25, 0.3) is 0 Å². The fraction of sp³-hybridized carbons (Fsp3) is 0. The van der Waals surface area contributed by atoms with Crippen LogP contribution >= 0.6 is 0 Å². The Morgan fingerprint density at radius 3 is 2.29 bits per heavy atom. The Bertz CT molecular complexity index is 202. The summed E-state index contributed by atoms with van der Waals surface area (Å²) in [5, 5.41) is 8.83. The van der Waals surface area contributed by atoms with Crippen molar-refractivity contribution in [1.82, 2.24) is 0 Å². The van der Waals surface area contributed by atoms with Gasteiger partial charge < -0.3 is 5.11 Å². The van der Waals surface area contributed by atoms with E-state index in [4.69, 9.17) is 7.85 Å². The summed E-state index contributed by atoms with van der Waals surface area (Å²) in [5.41, 5.74) is 0. The quantitative estimate of drug-likeness (QED) is 0.517. The topological polar surface area (TPSA) is 20.2 Å². The molecule has 36 valence electrons. The van der Waals surface area contributed by atoms with Crippen molar-refractivity contribution in [2.24, 2.45) is 0 Å². The second-order valence-electron chi connectivity index (χ2n) is 1.16. The zero-order chi connectivity index (χ0) is 6.85. The Kier molecular flexibility index (Phi) is 0.555. The molecule has 1 aromatic rings. The van der Waals surface area contributed by atoms with Crippen molar-refractivity contribution in [2.45, 2.75) is 0 Å². The Balaban J connectivity index is 3.25. The van der Waals surface area contributed by atoms with E-state index in [-0.39, 0.29) is 17.8 Å². The molecule has 0 aliphatic heterocycles. The third-order valence-electron chi connectivity index (χ3n) is 0.633. The molecular formula is C6H6O. The van der Waals surface area contributed by atoms with Crippen molar-refractivity contribution in [2.75, 3.05) is 0 Å². The van der Waals surface area contributed by atoms with Crippen LogP contribution in [-0.4, -0.2) is 5.11 Å². The molecule has 0 amide bonds. The van der Waals surface area contributed by atoms with Gasteiger partial charge in [-0.05, 0) is 12.1 Å². The summed E-state index contributed by atoms with van der Waals surface area (Å²) < 4.78 is 14.0. The van der Waals surface area contributed by atoms with Gasteiger partial charge in [-0.3, -0.25) is 0 Å². The molecule has 0 bridgehead atoms. The van der Waals surface area contributed by atoms with Crippen LogP contribution < -0.4 is 0 Å². The van der Waals surface area contributed by atoms with Gasteiger partial charge in [-0.2, -0.15) is 0 Å². The van der Waals surface area contributed by atoms with Crippen LogP contribution in [-0.2, 0) is 0 Å². The van der Waals surface area contributed by atoms with Crippen molar-refractivity contribution >= 4 is 0 Å². The van der Waals surface area contributed by atoms with Gasteiger partial charge in [-0.1, -0.05) is 18.2 Å². The molecule has 0 unspecified atom stereocenters. The van der Waals surface area contributed by atoms with Gasteiger partial charge in [0.1, 0.15) is 5.75 Å². The average molecular weight is 96.1 g/mol. The number of hydrogen-bond acceptors (Lipinski definition) is 1. The monoisotopic (exact) mass is 96.1 g/mol. The summed E-state index contributed by atoms with van der Waals surface area (Å²) >= 11 is 0. The van der Waals surface area contributed by atoms with Crippen LogP contribution in [0, 0.1) is 0 Å². The fourth-order valence-electron chi connectivity index (χ4n) is 0.344. The fourth-order valence-corrected chi connectivity index (χ4v) is 0.344. The number of para-hydroxylation sites is 1. The zero-order valence-corrected chi connectivity index (χ0v) is 3.68. The molecule has 0 aliphatic carbocycles. The van der Waals surface area contributed by atoms with Crippen molar-refractivity contribution in [3.8, 4) is 5.75 Å². The Labute approximate surface area is 45.0 Å². The maximum atomic E-state index is 8.83. The largest absolute Gasteiger partial charge is 0.508 e. The van der Waals surface area contributed by atoms with Gasteiger partial charge in [0.2, 0.25) is 0 Å². The maximum absolute atomic E-state index is 8.83. The van der Waals surface area contributed by atoms with E-state index in [1.807, 2.05) is 0 Å². The van der Waals surface area contributed by atoms with Crippen LogP contribution in [0.2, 0.25) is 0 Å². The summed E-state index contributed by atoms with van der Waals surface area (Å²) in [7, 11) is 0. The van der Waals surface area contributed by atoms with Crippen molar-refractivity contribution in [3.05, 3.63) is 30.3 Å². The highest BCUT2D eigenvalue weighted by Crippen LogP contribution is 2.02. The summed E-state index contributed by atoms with van der Waals surface area (Å²) in [6, 6.07) is 4.44. The van der Waals surface area contributed by atoms with E-state index in [1.54, 1.807) is 6.07 Å². The number of phenolic OH excluding ortho intramolecular Hbond substituents is 1. The molecule has 0 aromatic heterocycles. The third kappa shape index (κ3) is 0.929. The molecule has 1 N–H and O–H groups in total. The minimum Gasteiger partial charge on any atom is -0.508 e. The zero-order valence-electron chi connectivity index (χ0n) is 5.68. The normalized spacial score (nSPS) is 12.6. The first-order chi connectivity index (χ1) is 4.22. The Morgan fingerprint density at radius 1 is 1.29 bits per heavy atom. The van der Waals surface area contributed by atoms with Crippen LogP contribution in [0.15, 0.2) is 30.3 Å². The second-order valence-corrected chi connectivity index (χ2v) is 1.16. The van der Waals surface area contributed by atoms with Gasteiger partial charge in [-0.15, -0.1) is 0 Å². The van der Waals surface area contributed by atoms with Crippen LogP contribution in [0.4, 0.5) is 0 Å². The molecule has 0 saturated heterocycles. The molecule has 7 heavy (non-hydrogen) atoms. The number of aromatic hydroxyl groups is 1. The lowest BCUT2D eigenvalue weighted by molar-refractivity contribution is 0.475. The highest BCUT2D eigenvalue weighted by molar-refractivity contribution is 5.18. The van der Waals surface area contributed by atoms with E-state index in [1.165, 1.54) is 12.1 Å². The molecule has 0 saturated carbocycles. The first kappa shape index (κ1) is 2.36. The molecule has 0 fully saturated rings. The lowest BCUT2D eigenvalue weighted by atomic mass is 10.3. The van der Waals surface area contributed by atoms with E-state index < -0.39 is 0 Å². The molecular weight excluding hydrogens is 88.1 g/mol. The SMILES string of the molecule is [2H]c1cccc([2H])c1O. The van der Waals surface area contributed by atoms with Crippen molar-refractivity contribution in [1.29, 1.82) is 0 Å². The minimum absolute atomic E-state index is 0.00231. The lowest BCUT2D eigenvalue weighted by Gasteiger charge is -1.82. The predicted octanol–water partition coefficient (Wildman–Crippen LogP) is 1.39. The average Bonchev–Trinajstić information content (AvgIpc) is 1.83. The first-order valence-corrected chi connectivity index (χ1v) is 1.97. The highest BCUT2D eigenvalue weighted by atomic mass is 16.3. The summed E-state index contributed by atoms with van der Waals surface area (Å²) in [6.07, 6.45) is 0. The Hall–Kier alpha value is -0.980. The highest BCUT2D eigenvalue weighted by Gasteiger charge is 1.74. The molecule has 0 heterocycles. The molecule has 0 aliphatic rings. The summed E-state index contributed by atoms with van der Waals surface area (Å²) in [5.74, 6) is -0.252. The van der Waals surface area contributed by atoms with Gasteiger partial charge in [-0.25, -0.2) is 0 Å². The van der Waals surface area contributed by atoms with E-state index >= 15 is 0 Å². The van der Waals surface area contributed by atoms with Crippen LogP contribution in [0.5, 0.6) is 5.75 Å². The van der Waals surface area contributed by atoms with Crippen LogP contribution in [0.25, 0.3) is 0 Å². The number of rotatable bonds is 0. The molecule has 1 heteroatoms. The summed E-state index contributed by atoms with van der Waals surface area (Å²) in [6.45, 7) is 0. The van der Waals surface area contributed by atoms with Crippen LogP contribution in [0.1, 0.15) is 2.74 Å². The number of benzene rings is 1. The smallest absolute Gasteiger partial charge is 0.115 e. The van der Waals surface area contributed by atoms with Gasteiger partial charge in [0.05, 0.1) is 2.74 Å². The summed E-state index contributed by atoms with van der Waals surface area (Å²) in [4.78, 5) is 0. The molecule has 0 spiro atoms. The standard InChI is InChI=1S/C6H6O/c7-6-4-2-1-3-5-6/h1-5,7H/i4D,5D. The number of hydrogen-bond donors (Lipinski definition) is 1. The van der Waals surface area contributed by atoms with E-state index in [2.05, 4.69) is 0 Å². The van der Waals surface area contributed by atoms with Gasteiger partial charge in [0.15, 0.2) is 0 Å². The number of phenols is 1. The lowest BCUT2D eigenvalue weighted by Crippen LogP contribution is -1.56. The van der Waals surface area contributed by atoms with Gasteiger partial charge in [0, 0.05) is 0 Å². The Morgan fingerprint density at radius 2 is 1.86 bits per heavy atom. The maximum Gasteiger partial charge on any atom is 0.115 e. The minimum atomic E-state index is -0.252. The first-order valence-electron chi connectivity index (χ1n) is 2.97. The van der Waals surface area contributed by atoms with E-state index in [9.17, 15) is 0 Å². The molecule has 0 radical (unpaired) electrons. The van der Waals surface area contributed by atoms with Crippen molar-refractivity contribution < 1.29 is 7.85 Å². The van der Waals surface area contributed by atoms with Gasteiger partial charge >= 0.3 is 0 Å². The molecule has 1 aromatic carbocycles. The third-order valence-corrected chi connectivity index (χ3v) is 0.633. The van der Waals surface area contributed by atoms with E-state index in [0.717, 1.165) is 0 Å². The molecule has 1 nitrogen and oxygen atoms in total.